The van der Waals surface area contributed by atoms with Crippen molar-refractivity contribution in [2.75, 3.05) is 13.2 Å². The molecule has 21 heavy (non-hydrogen) atoms. The zero-order chi connectivity index (χ0) is 16.0. The standard InChI is InChI=1S/C13H20N2O5S/c1-3-11(7-8-16)9-14-21(19,20)13-10(2)5-4-6-12(13)15(17)18/h4-6,11,14,16H,3,7-9H2,1-2H3. The summed E-state index contributed by atoms with van der Waals surface area (Å²) in [5.74, 6) is -0.00662. The maximum absolute atomic E-state index is 12.3. The van der Waals surface area contributed by atoms with Crippen LogP contribution in [0.2, 0.25) is 0 Å². The number of hydrogen-bond donors (Lipinski definition) is 2. The van der Waals surface area contributed by atoms with E-state index < -0.39 is 20.6 Å². The summed E-state index contributed by atoms with van der Waals surface area (Å²) in [4.78, 5) is 10.00. The van der Waals surface area contributed by atoms with Crippen molar-refractivity contribution in [2.45, 2.75) is 31.6 Å². The lowest BCUT2D eigenvalue weighted by atomic mass is 10.0. The van der Waals surface area contributed by atoms with Gasteiger partial charge in [-0.25, -0.2) is 13.1 Å². The van der Waals surface area contributed by atoms with E-state index in [1.54, 1.807) is 0 Å². The molecule has 0 spiro atoms. The molecule has 0 aliphatic carbocycles. The van der Waals surface area contributed by atoms with Crippen molar-refractivity contribution in [2.24, 2.45) is 5.92 Å². The number of nitrogens with zero attached hydrogens (tertiary/aromatic N) is 1. The van der Waals surface area contributed by atoms with Crippen LogP contribution in [-0.4, -0.2) is 31.6 Å². The van der Waals surface area contributed by atoms with E-state index in [1.807, 2.05) is 6.92 Å². The molecule has 0 aromatic heterocycles. The third-order valence-electron chi connectivity index (χ3n) is 3.33. The van der Waals surface area contributed by atoms with E-state index in [9.17, 15) is 18.5 Å². The first-order valence-electron chi connectivity index (χ1n) is 6.68. The Balaban J connectivity index is 3.06. The van der Waals surface area contributed by atoms with E-state index in [-0.39, 0.29) is 24.0 Å². The second-order valence-corrected chi connectivity index (χ2v) is 6.52. The van der Waals surface area contributed by atoms with Gasteiger partial charge in [-0.2, -0.15) is 0 Å². The number of nitro benzene ring substituents is 1. The fourth-order valence-electron chi connectivity index (χ4n) is 2.06. The predicted octanol–water partition coefficient (Wildman–Crippen LogP) is 1.59. The van der Waals surface area contributed by atoms with Crippen LogP contribution in [0.15, 0.2) is 23.1 Å². The number of aryl methyl sites for hydroxylation is 1. The quantitative estimate of drug-likeness (QED) is 0.559. The molecular formula is C13H20N2O5S. The van der Waals surface area contributed by atoms with Gasteiger partial charge in [0.15, 0.2) is 4.90 Å². The molecule has 0 aliphatic heterocycles. The van der Waals surface area contributed by atoms with Gasteiger partial charge >= 0.3 is 0 Å². The van der Waals surface area contributed by atoms with Gasteiger partial charge in [0.1, 0.15) is 0 Å². The SMILES string of the molecule is CCC(CCO)CNS(=O)(=O)c1c(C)cccc1[N+](=O)[O-]. The molecule has 1 aromatic rings. The fourth-order valence-corrected chi connectivity index (χ4v) is 3.57. The molecule has 0 radical (unpaired) electrons. The first kappa shape index (κ1) is 17.5. The van der Waals surface area contributed by atoms with Gasteiger partial charge in [-0.1, -0.05) is 25.5 Å². The normalized spacial score (nSPS) is 13.1. The van der Waals surface area contributed by atoms with Gasteiger partial charge in [-0.05, 0) is 24.8 Å². The molecule has 0 heterocycles. The third kappa shape index (κ3) is 4.48. The van der Waals surface area contributed by atoms with Crippen LogP contribution < -0.4 is 4.72 Å². The Bertz CT molecular complexity index is 601. The topological polar surface area (TPSA) is 110 Å². The summed E-state index contributed by atoms with van der Waals surface area (Å²) in [6.45, 7) is 3.53. The molecule has 1 rings (SSSR count). The Kier molecular flexibility index (Phi) is 6.25. The van der Waals surface area contributed by atoms with Gasteiger partial charge in [-0.15, -0.1) is 0 Å². The molecular weight excluding hydrogens is 296 g/mol. The lowest BCUT2D eigenvalue weighted by molar-refractivity contribution is -0.387. The Morgan fingerprint density at radius 1 is 1.43 bits per heavy atom. The molecule has 0 fully saturated rings. The van der Waals surface area contributed by atoms with Crippen molar-refractivity contribution in [3.05, 3.63) is 33.9 Å². The summed E-state index contributed by atoms with van der Waals surface area (Å²) >= 11 is 0. The predicted molar refractivity (Wildman–Crippen MR) is 78.5 cm³/mol. The average Bonchev–Trinajstić information content (AvgIpc) is 2.42. The van der Waals surface area contributed by atoms with Crippen LogP contribution in [0.3, 0.4) is 0 Å². The van der Waals surface area contributed by atoms with Crippen LogP contribution in [0.1, 0.15) is 25.3 Å². The first-order valence-corrected chi connectivity index (χ1v) is 8.16. The molecule has 0 saturated carbocycles. The lowest BCUT2D eigenvalue weighted by Gasteiger charge is -2.15. The summed E-state index contributed by atoms with van der Waals surface area (Å²) in [5, 5.41) is 19.9. The zero-order valence-electron chi connectivity index (χ0n) is 12.1. The van der Waals surface area contributed by atoms with Gasteiger partial charge in [0.25, 0.3) is 5.69 Å². The number of rotatable bonds is 8. The van der Waals surface area contributed by atoms with Crippen molar-refractivity contribution >= 4 is 15.7 Å². The van der Waals surface area contributed by atoms with E-state index in [4.69, 9.17) is 5.11 Å². The van der Waals surface area contributed by atoms with Gasteiger partial charge in [0, 0.05) is 19.2 Å². The summed E-state index contributed by atoms with van der Waals surface area (Å²) in [5.41, 5.74) is -0.107. The number of aliphatic hydroxyl groups excluding tert-OH is 1. The van der Waals surface area contributed by atoms with Gasteiger partial charge < -0.3 is 5.11 Å². The van der Waals surface area contributed by atoms with Crippen molar-refractivity contribution in [1.82, 2.24) is 4.72 Å². The highest BCUT2D eigenvalue weighted by Crippen LogP contribution is 2.26. The van der Waals surface area contributed by atoms with Crippen LogP contribution in [0, 0.1) is 23.0 Å². The van der Waals surface area contributed by atoms with Crippen molar-refractivity contribution in [1.29, 1.82) is 0 Å². The van der Waals surface area contributed by atoms with E-state index >= 15 is 0 Å². The number of nitro groups is 1. The molecule has 0 saturated heterocycles. The monoisotopic (exact) mass is 316 g/mol. The van der Waals surface area contributed by atoms with Crippen LogP contribution >= 0.6 is 0 Å². The second-order valence-electron chi connectivity index (χ2n) is 4.82. The Labute approximate surface area is 124 Å². The van der Waals surface area contributed by atoms with Gasteiger partial charge in [0.05, 0.1) is 4.92 Å². The smallest absolute Gasteiger partial charge is 0.289 e. The minimum absolute atomic E-state index is 0.00662. The summed E-state index contributed by atoms with van der Waals surface area (Å²) in [6, 6.07) is 4.15. The maximum atomic E-state index is 12.3. The molecule has 0 aliphatic rings. The molecule has 8 heteroatoms. The Morgan fingerprint density at radius 3 is 2.62 bits per heavy atom. The fraction of sp³-hybridized carbons (Fsp3) is 0.538. The van der Waals surface area contributed by atoms with E-state index in [1.165, 1.54) is 25.1 Å². The highest BCUT2D eigenvalue weighted by Gasteiger charge is 2.27. The number of benzene rings is 1. The highest BCUT2D eigenvalue weighted by molar-refractivity contribution is 7.89. The average molecular weight is 316 g/mol. The summed E-state index contributed by atoms with van der Waals surface area (Å²) in [6.07, 6.45) is 1.19. The number of hydrogen-bond acceptors (Lipinski definition) is 5. The zero-order valence-corrected chi connectivity index (χ0v) is 12.9. The molecule has 0 amide bonds. The summed E-state index contributed by atoms with van der Waals surface area (Å²) < 4.78 is 27.1. The number of sulfonamides is 1. The molecule has 1 unspecified atom stereocenters. The molecule has 7 nitrogen and oxygen atoms in total. The van der Waals surface area contributed by atoms with Crippen molar-refractivity contribution in [3.8, 4) is 0 Å². The lowest BCUT2D eigenvalue weighted by Crippen LogP contribution is -2.30. The molecule has 2 N–H and O–H groups in total. The summed E-state index contributed by atoms with van der Waals surface area (Å²) in [7, 11) is -3.96. The first-order chi connectivity index (χ1) is 9.83. The van der Waals surface area contributed by atoms with Crippen LogP contribution in [-0.2, 0) is 10.0 Å². The molecule has 1 aromatic carbocycles. The van der Waals surface area contributed by atoms with Crippen LogP contribution in [0.4, 0.5) is 5.69 Å². The number of nitrogens with one attached hydrogen (secondary N) is 1. The Hall–Kier alpha value is -1.51. The van der Waals surface area contributed by atoms with E-state index in [0.29, 0.717) is 18.4 Å². The van der Waals surface area contributed by atoms with Crippen LogP contribution in [0.5, 0.6) is 0 Å². The van der Waals surface area contributed by atoms with Gasteiger partial charge in [-0.3, -0.25) is 10.1 Å². The highest BCUT2D eigenvalue weighted by atomic mass is 32.2. The number of aliphatic hydroxyl groups is 1. The van der Waals surface area contributed by atoms with Crippen LogP contribution in [0.25, 0.3) is 0 Å². The minimum atomic E-state index is -3.96. The van der Waals surface area contributed by atoms with E-state index in [2.05, 4.69) is 4.72 Å². The van der Waals surface area contributed by atoms with Crippen molar-refractivity contribution in [3.63, 3.8) is 0 Å². The largest absolute Gasteiger partial charge is 0.396 e. The molecule has 1 atom stereocenters. The maximum Gasteiger partial charge on any atom is 0.289 e. The molecule has 0 bridgehead atoms. The van der Waals surface area contributed by atoms with Gasteiger partial charge in [0.2, 0.25) is 10.0 Å². The third-order valence-corrected chi connectivity index (χ3v) is 4.95. The Morgan fingerprint density at radius 2 is 2.10 bits per heavy atom. The second kappa shape index (κ2) is 7.48. The van der Waals surface area contributed by atoms with E-state index in [0.717, 1.165) is 0 Å². The minimum Gasteiger partial charge on any atom is -0.396 e. The van der Waals surface area contributed by atoms with Crippen molar-refractivity contribution < 1.29 is 18.4 Å². The molecule has 118 valence electrons.